The molecule has 0 aliphatic carbocycles. The Bertz CT molecular complexity index is 307. The van der Waals surface area contributed by atoms with Gasteiger partial charge in [-0.2, -0.15) is 0 Å². The molecule has 1 aromatic heterocycles. The number of likely N-dealkylation sites (N-methyl/N-ethyl adjacent to an activating group) is 1. The van der Waals surface area contributed by atoms with Crippen LogP contribution in [0.15, 0.2) is 18.3 Å². The summed E-state index contributed by atoms with van der Waals surface area (Å²) in [7, 11) is 0. The zero-order chi connectivity index (χ0) is 9.97. The molecule has 3 heteroatoms. The first-order chi connectivity index (χ1) is 6.81. The number of rotatable bonds is 3. The molecule has 14 heavy (non-hydrogen) atoms. The molecule has 3 nitrogen and oxygen atoms in total. The molecule has 0 aromatic carbocycles. The van der Waals surface area contributed by atoms with Crippen LogP contribution in [0, 0.1) is 6.92 Å². The first-order valence-corrected chi connectivity index (χ1v) is 5.21. The van der Waals surface area contributed by atoms with Crippen LogP contribution in [-0.2, 0) is 0 Å². The Labute approximate surface area is 85.1 Å². The molecule has 2 rings (SSSR count). The molecule has 0 radical (unpaired) electrons. The molecule has 76 valence electrons. The number of aryl methyl sites for hydroxylation is 1. The number of nitrogens with zero attached hydrogens (tertiary/aromatic N) is 2. The number of aromatic nitrogens is 1. The van der Waals surface area contributed by atoms with E-state index in [0.717, 1.165) is 25.3 Å². The second-order valence-corrected chi connectivity index (χ2v) is 3.75. The van der Waals surface area contributed by atoms with E-state index in [1.807, 2.05) is 13.1 Å². The number of nitrogens with one attached hydrogen (secondary N) is 1. The standard InChI is InChI=1S/C11H17N3/c1-3-14(11-7-12-8-11)10-4-5-13-9(2)6-10/h4-6,11-12H,3,7-8H2,1-2H3. The van der Waals surface area contributed by atoms with E-state index in [4.69, 9.17) is 0 Å². The van der Waals surface area contributed by atoms with Crippen LogP contribution in [0.1, 0.15) is 12.6 Å². The third-order valence-electron chi connectivity index (χ3n) is 2.75. The van der Waals surface area contributed by atoms with Gasteiger partial charge in [-0.15, -0.1) is 0 Å². The molecule has 0 atom stereocenters. The fourth-order valence-corrected chi connectivity index (χ4v) is 1.85. The molecule has 2 heterocycles. The van der Waals surface area contributed by atoms with Gasteiger partial charge in [-0.25, -0.2) is 0 Å². The number of pyridine rings is 1. The van der Waals surface area contributed by atoms with E-state index in [1.165, 1.54) is 5.69 Å². The molecule has 1 aliphatic rings. The van der Waals surface area contributed by atoms with Gasteiger partial charge in [0.25, 0.3) is 0 Å². The van der Waals surface area contributed by atoms with Gasteiger partial charge in [0.2, 0.25) is 0 Å². The van der Waals surface area contributed by atoms with Crippen LogP contribution >= 0.6 is 0 Å². The Morgan fingerprint density at radius 2 is 2.36 bits per heavy atom. The molecule has 1 aromatic rings. The van der Waals surface area contributed by atoms with Gasteiger partial charge in [-0.1, -0.05) is 0 Å². The quantitative estimate of drug-likeness (QED) is 0.778. The van der Waals surface area contributed by atoms with Crippen LogP contribution in [0.4, 0.5) is 5.69 Å². The fraction of sp³-hybridized carbons (Fsp3) is 0.545. The van der Waals surface area contributed by atoms with Crippen molar-refractivity contribution in [3.05, 3.63) is 24.0 Å². The molecule has 0 bridgehead atoms. The largest absolute Gasteiger partial charge is 0.366 e. The van der Waals surface area contributed by atoms with Crippen molar-refractivity contribution in [1.82, 2.24) is 10.3 Å². The third kappa shape index (κ3) is 1.73. The Morgan fingerprint density at radius 1 is 1.57 bits per heavy atom. The number of anilines is 1. The summed E-state index contributed by atoms with van der Waals surface area (Å²) in [6.07, 6.45) is 1.89. The SMILES string of the molecule is CCN(c1ccnc(C)c1)C1CNC1. The van der Waals surface area contributed by atoms with E-state index in [0.29, 0.717) is 6.04 Å². The summed E-state index contributed by atoms with van der Waals surface area (Å²) >= 11 is 0. The van der Waals surface area contributed by atoms with E-state index in [2.05, 4.69) is 34.3 Å². The molecule has 0 amide bonds. The van der Waals surface area contributed by atoms with Crippen molar-refractivity contribution in [2.24, 2.45) is 0 Å². The van der Waals surface area contributed by atoms with Crippen molar-refractivity contribution >= 4 is 5.69 Å². The average molecular weight is 191 g/mol. The van der Waals surface area contributed by atoms with Gasteiger partial charge in [0, 0.05) is 37.2 Å². The lowest BCUT2D eigenvalue weighted by atomic mass is 10.1. The van der Waals surface area contributed by atoms with Crippen molar-refractivity contribution in [2.75, 3.05) is 24.5 Å². The van der Waals surface area contributed by atoms with Crippen molar-refractivity contribution in [1.29, 1.82) is 0 Å². The molecular formula is C11H17N3. The van der Waals surface area contributed by atoms with Gasteiger partial charge in [0.1, 0.15) is 0 Å². The summed E-state index contributed by atoms with van der Waals surface area (Å²) in [6.45, 7) is 7.52. The summed E-state index contributed by atoms with van der Waals surface area (Å²) in [5.74, 6) is 0. The van der Waals surface area contributed by atoms with Gasteiger partial charge in [-0.3, -0.25) is 4.98 Å². The zero-order valence-electron chi connectivity index (χ0n) is 8.83. The Balaban J connectivity index is 2.17. The molecular weight excluding hydrogens is 174 g/mol. The highest BCUT2D eigenvalue weighted by atomic mass is 15.2. The molecule has 1 fully saturated rings. The average Bonchev–Trinajstić information content (AvgIpc) is 2.10. The van der Waals surface area contributed by atoms with E-state index in [1.54, 1.807) is 0 Å². The van der Waals surface area contributed by atoms with Crippen molar-refractivity contribution in [3.8, 4) is 0 Å². The smallest absolute Gasteiger partial charge is 0.0538 e. The minimum atomic E-state index is 0.668. The van der Waals surface area contributed by atoms with Crippen molar-refractivity contribution in [3.63, 3.8) is 0 Å². The molecule has 1 N–H and O–H groups in total. The number of hydrogen-bond donors (Lipinski definition) is 1. The lowest BCUT2D eigenvalue weighted by Gasteiger charge is -2.39. The highest BCUT2D eigenvalue weighted by Gasteiger charge is 2.23. The van der Waals surface area contributed by atoms with Gasteiger partial charge < -0.3 is 10.2 Å². The van der Waals surface area contributed by atoms with E-state index < -0.39 is 0 Å². The highest BCUT2D eigenvalue weighted by molar-refractivity contribution is 5.48. The molecule has 0 spiro atoms. The summed E-state index contributed by atoms with van der Waals surface area (Å²) in [5, 5.41) is 3.30. The van der Waals surface area contributed by atoms with Crippen LogP contribution < -0.4 is 10.2 Å². The Hall–Kier alpha value is -1.09. The maximum atomic E-state index is 4.22. The minimum absolute atomic E-state index is 0.668. The third-order valence-corrected chi connectivity index (χ3v) is 2.75. The monoisotopic (exact) mass is 191 g/mol. The van der Waals surface area contributed by atoms with Gasteiger partial charge >= 0.3 is 0 Å². The first-order valence-electron chi connectivity index (χ1n) is 5.21. The Kier molecular flexibility index (Phi) is 2.68. The second-order valence-electron chi connectivity index (χ2n) is 3.75. The van der Waals surface area contributed by atoms with E-state index >= 15 is 0 Å². The topological polar surface area (TPSA) is 28.2 Å². The number of hydrogen-bond acceptors (Lipinski definition) is 3. The summed E-state index contributed by atoms with van der Waals surface area (Å²) in [6, 6.07) is 4.91. The van der Waals surface area contributed by atoms with Crippen molar-refractivity contribution in [2.45, 2.75) is 19.9 Å². The predicted octanol–water partition coefficient (Wildman–Crippen LogP) is 1.19. The summed E-state index contributed by atoms with van der Waals surface area (Å²) < 4.78 is 0. The normalized spacial score (nSPS) is 16.4. The zero-order valence-corrected chi connectivity index (χ0v) is 8.83. The lowest BCUT2D eigenvalue weighted by molar-refractivity contribution is 0.417. The van der Waals surface area contributed by atoms with Gasteiger partial charge in [0.15, 0.2) is 0 Å². The van der Waals surface area contributed by atoms with Crippen LogP contribution in [0.5, 0.6) is 0 Å². The maximum Gasteiger partial charge on any atom is 0.0538 e. The van der Waals surface area contributed by atoms with Crippen LogP contribution in [0.2, 0.25) is 0 Å². The molecule has 0 saturated carbocycles. The molecule has 1 saturated heterocycles. The van der Waals surface area contributed by atoms with Gasteiger partial charge in [0.05, 0.1) is 6.04 Å². The van der Waals surface area contributed by atoms with Crippen LogP contribution in [-0.4, -0.2) is 30.7 Å². The fourth-order valence-electron chi connectivity index (χ4n) is 1.85. The first kappa shape index (κ1) is 9.46. The molecule has 0 unspecified atom stereocenters. The highest BCUT2D eigenvalue weighted by Crippen LogP contribution is 2.18. The van der Waals surface area contributed by atoms with E-state index in [9.17, 15) is 0 Å². The van der Waals surface area contributed by atoms with Crippen LogP contribution in [0.3, 0.4) is 0 Å². The van der Waals surface area contributed by atoms with E-state index in [-0.39, 0.29) is 0 Å². The summed E-state index contributed by atoms with van der Waals surface area (Å²) in [4.78, 5) is 6.65. The van der Waals surface area contributed by atoms with Gasteiger partial charge in [-0.05, 0) is 26.0 Å². The second kappa shape index (κ2) is 3.96. The minimum Gasteiger partial charge on any atom is -0.366 e. The van der Waals surface area contributed by atoms with Crippen molar-refractivity contribution < 1.29 is 0 Å². The lowest BCUT2D eigenvalue weighted by Crippen LogP contribution is -2.57. The molecule has 1 aliphatic heterocycles. The van der Waals surface area contributed by atoms with Crippen LogP contribution in [0.25, 0.3) is 0 Å². The maximum absolute atomic E-state index is 4.22. The Morgan fingerprint density at radius 3 is 2.86 bits per heavy atom. The summed E-state index contributed by atoms with van der Waals surface area (Å²) in [5.41, 5.74) is 2.39. The predicted molar refractivity (Wildman–Crippen MR) is 58.7 cm³/mol.